The van der Waals surface area contributed by atoms with E-state index in [0.717, 1.165) is 13.0 Å². The lowest BCUT2D eigenvalue weighted by Gasteiger charge is -2.18. The van der Waals surface area contributed by atoms with Gasteiger partial charge in [-0.05, 0) is 19.4 Å². The Hall–Kier alpha value is -1.81. The number of thiol groups is 1. The van der Waals surface area contributed by atoms with Crippen molar-refractivity contribution < 1.29 is 24.3 Å². The molecular weight excluding hydrogens is 312 g/mol. The summed E-state index contributed by atoms with van der Waals surface area (Å²) >= 11 is 4.01. The van der Waals surface area contributed by atoms with Gasteiger partial charge in [-0.25, -0.2) is 0 Å². The van der Waals surface area contributed by atoms with Crippen LogP contribution >= 0.6 is 12.6 Å². The molecule has 5 N–H and O–H groups in total. The molecule has 3 amide bonds. The van der Waals surface area contributed by atoms with Crippen molar-refractivity contribution in [3.05, 3.63) is 0 Å². The highest BCUT2D eigenvalue weighted by molar-refractivity contribution is 7.80. The molecule has 0 radical (unpaired) electrons. The van der Waals surface area contributed by atoms with Crippen LogP contribution < -0.4 is 21.3 Å². The number of rotatable bonds is 8. The Morgan fingerprint density at radius 2 is 1.95 bits per heavy atom. The van der Waals surface area contributed by atoms with Crippen LogP contribution in [-0.2, 0) is 19.2 Å². The van der Waals surface area contributed by atoms with E-state index in [-0.39, 0.29) is 24.2 Å². The molecule has 1 aliphatic rings. The molecule has 0 saturated carbocycles. The smallest absolute Gasteiger partial charge is 0.322 e. The lowest BCUT2D eigenvalue weighted by Crippen LogP contribution is -2.53. The van der Waals surface area contributed by atoms with Crippen molar-refractivity contribution in [3.8, 4) is 0 Å². The summed E-state index contributed by atoms with van der Waals surface area (Å²) < 4.78 is 0. The summed E-state index contributed by atoms with van der Waals surface area (Å²) in [5.41, 5.74) is 0. The highest BCUT2D eigenvalue weighted by Crippen LogP contribution is 2.05. The van der Waals surface area contributed by atoms with Crippen LogP contribution in [0.1, 0.15) is 12.8 Å². The van der Waals surface area contributed by atoms with E-state index in [1.807, 2.05) is 0 Å². The van der Waals surface area contributed by atoms with E-state index in [4.69, 9.17) is 5.11 Å². The second-order valence-electron chi connectivity index (χ2n) is 4.78. The molecule has 0 aromatic rings. The van der Waals surface area contributed by atoms with E-state index in [0.29, 0.717) is 6.42 Å². The molecule has 2 atom stereocenters. The summed E-state index contributed by atoms with van der Waals surface area (Å²) in [4.78, 5) is 45.3. The zero-order chi connectivity index (χ0) is 16.5. The first-order chi connectivity index (χ1) is 10.4. The average Bonchev–Trinajstić information content (AvgIpc) is 3.02. The van der Waals surface area contributed by atoms with Crippen molar-refractivity contribution >= 4 is 36.3 Å². The maximum atomic E-state index is 11.9. The van der Waals surface area contributed by atoms with Gasteiger partial charge in [-0.15, -0.1) is 0 Å². The number of amides is 3. The van der Waals surface area contributed by atoms with Crippen molar-refractivity contribution in [1.82, 2.24) is 21.3 Å². The summed E-state index contributed by atoms with van der Waals surface area (Å²) in [5.74, 6) is -2.54. The Bertz CT molecular complexity index is 439. The number of carboxylic acids is 1. The van der Waals surface area contributed by atoms with Crippen LogP contribution in [0.4, 0.5) is 0 Å². The van der Waals surface area contributed by atoms with Crippen molar-refractivity contribution in [1.29, 1.82) is 0 Å². The minimum atomic E-state index is -1.18. The Morgan fingerprint density at radius 3 is 2.50 bits per heavy atom. The molecule has 124 valence electrons. The fourth-order valence-corrected chi connectivity index (χ4v) is 2.16. The van der Waals surface area contributed by atoms with Crippen LogP contribution in [0, 0.1) is 0 Å². The van der Waals surface area contributed by atoms with Gasteiger partial charge in [-0.1, -0.05) is 0 Å². The number of carbonyl (C=O) groups is 4. The number of hydrogen-bond donors (Lipinski definition) is 6. The summed E-state index contributed by atoms with van der Waals surface area (Å²) in [5, 5.41) is 18.4. The van der Waals surface area contributed by atoms with Crippen molar-refractivity contribution in [2.75, 3.05) is 25.4 Å². The van der Waals surface area contributed by atoms with Crippen LogP contribution in [0.2, 0.25) is 0 Å². The molecule has 0 bridgehead atoms. The van der Waals surface area contributed by atoms with E-state index in [1.54, 1.807) is 0 Å². The minimum Gasteiger partial charge on any atom is -0.480 e. The third-order valence-corrected chi connectivity index (χ3v) is 3.42. The summed E-state index contributed by atoms with van der Waals surface area (Å²) in [6.45, 7) is -0.123. The molecule has 9 nitrogen and oxygen atoms in total. The second-order valence-corrected chi connectivity index (χ2v) is 5.15. The van der Waals surface area contributed by atoms with Crippen LogP contribution in [-0.4, -0.2) is 66.3 Å². The lowest BCUT2D eigenvalue weighted by molar-refractivity contribution is -0.138. The van der Waals surface area contributed by atoms with Crippen molar-refractivity contribution in [2.24, 2.45) is 0 Å². The number of nitrogens with one attached hydrogen (secondary N) is 4. The van der Waals surface area contributed by atoms with Gasteiger partial charge in [-0.2, -0.15) is 12.6 Å². The van der Waals surface area contributed by atoms with Gasteiger partial charge < -0.3 is 26.4 Å². The zero-order valence-corrected chi connectivity index (χ0v) is 12.8. The molecule has 1 rings (SSSR count). The molecule has 2 unspecified atom stereocenters. The molecular formula is C12H20N4O5S. The molecule has 0 aromatic carbocycles. The van der Waals surface area contributed by atoms with Gasteiger partial charge >= 0.3 is 5.97 Å². The minimum absolute atomic E-state index is 0.0844. The Morgan fingerprint density at radius 1 is 1.23 bits per heavy atom. The standard InChI is InChI=1S/C12H20N4O5S/c17-9(14-5-10(18)19)4-15-11(20)8(6-22)16-12(21)7-2-1-3-13-7/h7-8,13,22H,1-6H2,(H,14,17)(H,15,20)(H,16,21)(H,18,19). The van der Waals surface area contributed by atoms with Gasteiger partial charge in [0.2, 0.25) is 17.7 Å². The molecule has 0 aromatic heterocycles. The monoisotopic (exact) mass is 332 g/mol. The molecule has 22 heavy (non-hydrogen) atoms. The Kier molecular flexibility index (Phi) is 7.67. The molecule has 0 aliphatic carbocycles. The summed E-state index contributed by atoms with van der Waals surface area (Å²) in [6.07, 6.45) is 1.61. The van der Waals surface area contributed by atoms with E-state index >= 15 is 0 Å². The van der Waals surface area contributed by atoms with Crippen molar-refractivity contribution in [3.63, 3.8) is 0 Å². The quantitative estimate of drug-likeness (QED) is 0.271. The number of carboxylic acid groups (broad SMARTS) is 1. The van der Waals surface area contributed by atoms with E-state index < -0.39 is 30.4 Å². The maximum absolute atomic E-state index is 11.9. The SMILES string of the molecule is O=C(O)CNC(=O)CNC(=O)C(CS)NC(=O)C1CCCN1. The molecule has 0 spiro atoms. The lowest BCUT2D eigenvalue weighted by atomic mass is 10.2. The number of carbonyl (C=O) groups excluding carboxylic acids is 3. The molecule has 1 saturated heterocycles. The third kappa shape index (κ3) is 6.31. The van der Waals surface area contributed by atoms with Crippen LogP contribution in [0.15, 0.2) is 0 Å². The van der Waals surface area contributed by atoms with Crippen LogP contribution in [0.25, 0.3) is 0 Å². The van der Waals surface area contributed by atoms with E-state index in [1.165, 1.54) is 0 Å². The largest absolute Gasteiger partial charge is 0.480 e. The van der Waals surface area contributed by atoms with Gasteiger partial charge in [0.25, 0.3) is 0 Å². The fourth-order valence-electron chi connectivity index (χ4n) is 1.90. The Labute approximate surface area is 133 Å². The second kappa shape index (κ2) is 9.26. The van der Waals surface area contributed by atoms with E-state index in [9.17, 15) is 19.2 Å². The first-order valence-corrected chi connectivity index (χ1v) is 7.48. The Balaban J connectivity index is 2.35. The fraction of sp³-hybridized carbons (Fsp3) is 0.667. The highest BCUT2D eigenvalue weighted by atomic mass is 32.1. The maximum Gasteiger partial charge on any atom is 0.322 e. The number of aliphatic carboxylic acids is 1. The van der Waals surface area contributed by atoms with Gasteiger partial charge in [0.15, 0.2) is 0 Å². The predicted octanol–water partition coefficient (Wildman–Crippen LogP) is -2.53. The molecule has 1 fully saturated rings. The van der Waals surface area contributed by atoms with Crippen molar-refractivity contribution in [2.45, 2.75) is 24.9 Å². The van der Waals surface area contributed by atoms with Crippen LogP contribution in [0.3, 0.4) is 0 Å². The topological polar surface area (TPSA) is 137 Å². The molecule has 1 heterocycles. The zero-order valence-electron chi connectivity index (χ0n) is 11.9. The number of hydrogen-bond acceptors (Lipinski definition) is 6. The predicted molar refractivity (Wildman–Crippen MR) is 80.5 cm³/mol. The van der Waals surface area contributed by atoms with Crippen LogP contribution in [0.5, 0.6) is 0 Å². The van der Waals surface area contributed by atoms with Gasteiger partial charge in [0, 0.05) is 5.75 Å². The molecule has 1 aliphatic heterocycles. The first-order valence-electron chi connectivity index (χ1n) is 6.85. The van der Waals surface area contributed by atoms with Gasteiger partial charge in [-0.3, -0.25) is 19.2 Å². The average molecular weight is 332 g/mol. The highest BCUT2D eigenvalue weighted by Gasteiger charge is 2.26. The summed E-state index contributed by atoms with van der Waals surface area (Å²) in [6, 6.07) is -1.17. The summed E-state index contributed by atoms with van der Waals surface area (Å²) in [7, 11) is 0. The van der Waals surface area contributed by atoms with Gasteiger partial charge in [0.05, 0.1) is 12.6 Å². The first kappa shape index (κ1) is 18.2. The van der Waals surface area contributed by atoms with E-state index in [2.05, 4.69) is 33.9 Å². The molecule has 10 heteroatoms. The third-order valence-electron chi connectivity index (χ3n) is 3.05. The normalized spacial score (nSPS) is 18.3. The van der Waals surface area contributed by atoms with Gasteiger partial charge in [0.1, 0.15) is 12.6 Å².